The predicted octanol–water partition coefficient (Wildman–Crippen LogP) is 1.75. The SMILES string of the molecule is CC(=O)N[C@@H](CSCCC(C)(C)C)C(=O)O. The van der Waals surface area contributed by atoms with Crippen molar-refractivity contribution in [2.75, 3.05) is 11.5 Å². The van der Waals surface area contributed by atoms with Crippen LogP contribution in [0.5, 0.6) is 0 Å². The van der Waals surface area contributed by atoms with E-state index in [1.165, 1.54) is 6.92 Å². The molecule has 2 N–H and O–H groups in total. The summed E-state index contributed by atoms with van der Waals surface area (Å²) in [4.78, 5) is 21.6. The number of thioether (sulfide) groups is 1. The zero-order valence-corrected chi connectivity index (χ0v) is 11.2. The minimum absolute atomic E-state index is 0.264. The Bertz CT molecular complexity index is 248. The van der Waals surface area contributed by atoms with Crippen molar-refractivity contribution in [2.45, 2.75) is 40.2 Å². The van der Waals surface area contributed by atoms with Gasteiger partial charge in [0.15, 0.2) is 0 Å². The van der Waals surface area contributed by atoms with Gasteiger partial charge in [-0.1, -0.05) is 20.8 Å². The smallest absolute Gasteiger partial charge is 0.327 e. The Balaban J connectivity index is 3.86. The van der Waals surface area contributed by atoms with Crippen LogP contribution in [-0.2, 0) is 9.59 Å². The maximum atomic E-state index is 10.8. The molecule has 0 spiro atoms. The molecule has 94 valence electrons. The molecule has 16 heavy (non-hydrogen) atoms. The zero-order valence-electron chi connectivity index (χ0n) is 10.4. The van der Waals surface area contributed by atoms with Crippen LogP contribution >= 0.6 is 11.8 Å². The molecule has 1 amide bonds. The van der Waals surface area contributed by atoms with Gasteiger partial charge in [-0.25, -0.2) is 4.79 Å². The minimum Gasteiger partial charge on any atom is -0.480 e. The van der Waals surface area contributed by atoms with Crippen molar-refractivity contribution in [1.82, 2.24) is 5.32 Å². The molecule has 0 aliphatic heterocycles. The summed E-state index contributed by atoms with van der Waals surface area (Å²) in [6, 6.07) is -0.775. The monoisotopic (exact) mass is 247 g/mol. The van der Waals surface area contributed by atoms with E-state index >= 15 is 0 Å². The lowest BCUT2D eigenvalue weighted by molar-refractivity contribution is -0.140. The third-order valence-electron chi connectivity index (χ3n) is 1.96. The molecular formula is C11H21NO3S. The molecule has 0 aromatic carbocycles. The fourth-order valence-electron chi connectivity index (χ4n) is 1.000. The van der Waals surface area contributed by atoms with Gasteiger partial charge in [0.2, 0.25) is 5.91 Å². The van der Waals surface area contributed by atoms with Crippen LogP contribution < -0.4 is 5.32 Å². The molecule has 1 atom stereocenters. The highest BCUT2D eigenvalue weighted by atomic mass is 32.2. The van der Waals surface area contributed by atoms with Crippen molar-refractivity contribution < 1.29 is 14.7 Å². The molecule has 4 nitrogen and oxygen atoms in total. The second-order valence-corrected chi connectivity index (χ2v) is 6.13. The summed E-state index contributed by atoms with van der Waals surface area (Å²) in [6.45, 7) is 7.78. The van der Waals surface area contributed by atoms with Crippen LogP contribution in [0.25, 0.3) is 0 Å². The highest BCUT2D eigenvalue weighted by molar-refractivity contribution is 7.99. The zero-order chi connectivity index (χ0) is 12.8. The average molecular weight is 247 g/mol. The minimum atomic E-state index is -0.974. The Morgan fingerprint density at radius 1 is 1.38 bits per heavy atom. The summed E-state index contributed by atoms with van der Waals surface area (Å²) in [5.74, 6) is 0.0555. The highest BCUT2D eigenvalue weighted by Crippen LogP contribution is 2.21. The number of aliphatic carboxylic acids is 1. The maximum absolute atomic E-state index is 10.8. The van der Waals surface area contributed by atoms with Crippen LogP contribution in [-0.4, -0.2) is 34.5 Å². The molecule has 5 heteroatoms. The van der Waals surface area contributed by atoms with Crippen LogP contribution in [0.3, 0.4) is 0 Å². The lowest BCUT2D eigenvalue weighted by Crippen LogP contribution is -2.41. The first kappa shape index (κ1) is 15.3. The van der Waals surface area contributed by atoms with Gasteiger partial charge in [-0.05, 0) is 17.6 Å². The Hall–Kier alpha value is -0.710. The largest absolute Gasteiger partial charge is 0.480 e. The van der Waals surface area contributed by atoms with Gasteiger partial charge in [0.1, 0.15) is 6.04 Å². The van der Waals surface area contributed by atoms with Crippen LogP contribution in [0.15, 0.2) is 0 Å². The molecule has 0 aliphatic carbocycles. The Morgan fingerprint density at radius 2 is 1.94 bits per heavy atom. The van der Waals surface area contributed by atoms with E-state index in [4.69, 9.17) is 5.11 Å². The number of carbonyl (C=O) groups is 2. The van der Waals surface area contributed by atoms with Crippen molar-refractivity contribution in [2.24, 2.45) is 5.41 Å². The van der Waals surface area contributed by atoms with Gasteiger partial charge < -0.3 is 10.4 Å². The van der Waals surface area contributed by atoms with Crippen molar-refractivity contribution in [1.29, 1.82) is 0 Å². The number of hydrogen-bond donors (Lipinski definition) is 2. The molecule has 0 unspecified atom stereocenters. The summed E-state index contributed by atoms with van der Waals surface area (Å²) in [6.07, 6.45) is 1.03. The van der Waals surface area contributed by atoms with Crippen LogP contribution in [0, 0.1) is 5.41 Å². The van der Waals surface area contributed by atoms with E-state index in [-0.39, 0.29) is 11.3 Å². The molecule has 0 heterocycles. The summed E-state index contributed by atoms with van der Waals surface area (Å²) < 4.78 is 0. The predicted molar refractivity (Wildman–Crippen MR) is 66.6 cm³/mol. The third kappa shape index (κ3) is 8.59. The van der Waals surface area contributed by atoms with Gasteiger partial charge in [-0.15, -0.1) is 0 Å². The first-order valence-corrected chi connectivity index (χ1v) is 6.45. The van der Waals surface area contributed by atoms with Crippen molar-refractivity contribution in [3.63, 3.8) is 0 Å². The van der Waals surface area contributed by atoms with Gasteiger partial charge in [-0.2, -0.15) is 11.8 Å². The van der Waals surface area contributed by atoms with E-state index in [0.29, 0.717) is 5.75 Å². The molecule has 0 saturated carbocycles. The van der Waals surface area contributed by atoms with E-state index in [1.54, 1.807) is 11.8 Å². The maximum Gasteiger partial charge on any atom is 0.327 e. The normalized spacial score (nSPS) is 13.2. The van der Waals surface area contributed by atoms with Crippen LogP contribution in [0.1, 0.15) is 34.1 Å². The summed E-state index contributed by atoms with van der Waals surface area (Å²) in [5, 5.41) is 11.3. The first-order chi connectivity index (χ1) is 7.22. The van der Waals surface area contributed by atoms with Crippen molar-refractivity contribution in [3.8, 4) is 0 Å². The fraction of sp³-hybridized carbons (Fsp3) is 0.818. The van der Waals surface area contributed by atoms with E-state index in [9.17, 15) is 9.59 Å². The van der Waals surface area contributed by atoms with E-state index in [2.05, 4.69) is 26.1 Å². The number of rotatable bonds is 6. The number of carboxylic acid groups (broad SMARTS) is 1. The lowest BCUT2D eigenvalue weighted by atomic mass is 9.94. The summed E-state index contributed by atoms with van der Waals surface area (Å²) >= 11 is 1.56. The molecule has 0 aromatic heterocycles. The Labute approximate surface area is 101 Å². The van der Waals surface area contributed by atoms with Gasteiger partial charge in [-0.3, -0.25) is 4.79 Å². The lowest BCUT2D eigenvalue weighted by Gasteiger charge is -2.18. The molecule has 0 radical (unpaired) electrons. The number of hydrogen-bond acceptors (Lipinski definition) is 3. The molecule has 0 aromatic rings. The molecule has 0 saturated heterocycles. The van der Waals surface area contributed by atoms with Gasteiger partial charge in [0.05, 0.1) is 0 Å². The van der Waals surface area contributed by atoms with Gasteiger partial charge in [0.25, 0.3) is 0 Å². The van der Waals surface area contributed by atoms with Gasteiger partial charge >= 0.3 is 5.97 Å². The molecule has 0 rings (SSSR count). The van der Waals surface area contributed by atoms with Crippen molar-refractivity contribution in [3.05, 3.63) is 0 Å². The topological polar surface area (TPSA) is 66.4 Å². The second kappa shape index (κ2) is 6.78. The number of carbonyl (C=O) groups excluding carboxylic acids is 1. The number of amides is 1. The Kier molecular flexibility index (Phi) is 6.48. The molecule has 0 bridgehead atoms. The summed E-state index contributed by atoms with van der Waals surface area (Å²) in [7, 11) is 0. The number of nitrogens with one attached hydrogen (secondary N) is 1. The van der Waals surface area contributed by atoms with Gasteiger partial charge in [0, 0.05) is 12.7 Å². The van der Waals surface area contributed by atoms with Crippen LogP contribution in [0.4, 0.5) is 0 Å². The van der Waals surface area contributed by atoms with E-state index in [1.807, 2.05) is 0 Å². The van der Waals surface area contributed by atoms with Crippen LogP contribution in [0.2, 0.25) is 0 Å². The fourth-order valence-corrected chi connectivity index (χ4v) is 2.38. The van der Waals surface area contributed by atoms with E-state index in [0.717, 1.165) is 12.2 Å². The second-order valence-electron chi connectivity index (χ2n) is 4.98. The third-order valence-corrected chi connectivity index (χ3v) is 3.02. The van der Waals surface area contributed by atoms with E-state index < -0.39 is 12.0 Å². The quantitative estimate of drug-likeness (QED) is 0.702. The van der Waals surface area contributed by atoms with Crippen molar-refractivity contribution >= 4 is 23.6 Å². The average Bonchev–Trinajstić information content (AvgIpc) is 2.07. The first-order valence-electron chi connectivity index (χ1n) is 5.30. The standard InChI is InChI=1S/C11H21NO3S/c1-8(13)12-9(10(14)15)7-16-6-5-11(2,3)4/h9H,5-7H2,1-4H3,(H,12,13)(H,14,15)/t9-/m0/s1. The Morgan fingerprint density at radius 3 is 2.31 bits per heavy atom. The summed E-state index contributed by atoms with van der Waals surface area (Å²) in [5.41, 5.74) is 0.264. The molecular weight excluding hydrogens is 226 g/mol. The molecule has 0 aliphatic rings. The molecule has 0 fully saturated rings. The number of carboxylic acids is 1. The highest BCUT2D eigenvalue weighted by Gasteiger charge is 2.18.